The fourth-order valence-electron chi connectivity index (χ4n) is 6.22. The van der Waals surface area contributed by atoms with Crippen LogP contribution in [0.1, 0.15) is 71.5 Å². The summed E-state index contributed by atoms with van der Waals surface area (Å²) in [6.45, 7) is 1.44. The molecule has 43 heavy (non-hydrogen) atoms. The van der Waals surface area contributed by atoms with Crippen LogP contribution < -0.4 is 25.0 Å². The predicted octanol–water partition coefficient (Wildman–Crippen LogP) is 4.98. The van der Waals surface area contributed by atoms with Crippen LogP contribution in [0.4, 0.5) is 5.69 Å². The first-order chi connectivity index (χ1) is 20.9. The summed E-state index contributed by atoms with van der Waals surface area (Å²) in [4.78, 5) is 28.2. The van der Waals surface area contributed by atoms with Crippen LogP contribution in [-0.4, -0.2) is 56.4 Å². The van der Waals surface area contributed by atoms with Crippen LogP contribution in [0.5, 0.6) is 11.5 Å². The van der Waals surface area contributed by atoms with Crippen LogP contribution in [-0.2, 0) is 17.8 Å². The molecule has 5 rings (SSSR count). The first kappa shape index (κ1) is 30.6. The van der Waals surface area contributed by atoms with E-state index in [4.69, 9.17) is 9.47 Å². The van der Waals surface area contributed by atoms with Crippen LogP contribution >= 0.6 is 0 Å². The molecule has 3 N–H and O–H groups in total. The molecular formula is C35H43N3O5. The molecule has 2 amide bonds. The van der Waals surface area contributed by atoms with Gasteiger partial charge in [-0.1, -0.05) is 43.2 Å². The lowest BCUT2D eigenvalue weighted by atomic mass is 9.94. The summed E-state index contributed by atoms with van der Waals surface area (Å²) in [5.74, 6) is 1.65. The highest BCUT2D eigenvalue weighted by atomic mass is 16.5. The maximum absolute atomic E-state index is 13.8. The second kappa shape index (κ2) is 14.5. The Hall–Kier alpha value is -3.88. The normalized spacial score (nSPS) is 16.7. The highest BCUT2D eigenvalue weighted by molar-refractivity contribution is 5.99. The average Bonchev–Trinajstić information content (AvgIpc) is 3.73. The van der Waals surface area contributed by atoms with Crippen LogP contribution in [0.15, 0.2) is 66.7 Å². The number of anilines is 1. The van der Waals surface area contributed by atoms with Crippen molar-refractivity contribution in [2.75, 3.05) is 32.2 Å². The van der Waals surface area contributed by atoms with Crippen LogP contribution in [0, 0.1) is 0 Å². The van der Waals surface area contributed by atoms with E-state index in [9.17, 15) is 14.7 Å². The Bertz CT molecular complexity index is 1370. The molecule has 1 aliphatic carbocycles. The van der Waals surface area contributed by atoms with Crippen molar-refractivity contribution in [3.05, 3.63) is 89.0 Å². The molecule has 0 spiro atoms. The predicted molar refractivity (Wildman–Crippen MR) is 168 cm³/mol. The summed E-state index contributed by atoms with van der Waals surface area (Å²) < 4.78 is 10.8. The fraction of sp³-hybridized carbons (Fsp3) is 0.429. The molecule has 2 aliphatic rings. The van der Waals surface area contributed by atoms with Gasteiger partial charge in [-0.15, -0.1) is 0 Å². The molecule has 1 aliphatic heterocycles. The maximum Gasteiger partial charge on any atom is 0.251 e. The lowest BCUT2D eigenvalue weighted by Gasteiger charge is -2.26. The Kier molecular flexibility index (Phi) is 10.3. The van der Waals surface area contributed by atoms with Gasteiger partial charge in [-0.3, -0.25) is 9.59 Å². The molecule has 8 heteroatoms. The van der Waals surface area contributed by atoms with Gasteiger partial charge in [-0.25, -0.2) is 0 Å². The van der Waals surface area contributed by atoms with Gasteiger partial charge in [-0.2, -0.15) is 0 Å². The summed E-state index contributed by atoms with van der Waals surface area (Å²) >= 11 is 0. The van der Waals surface area contributed by atoms with Gasteiger partial charge in [-0.05, 0) is 78.6 Å². The smallest absolute Gasteiger partial charge is 0.251 e. The van der Waals surface area contributed by atoms with E-state index in [0.717, 1.165) is 41.6 Å². The maximum atomic E-state index is 13.8. The molecule has 8 nitrogen and oxygen atoms in total. The SMILES string of the molecule is COc1cc(CNC[C@H](O)[C@H](Cc2ccccc2)NC(=O)c2cc(C3CCCC3)cc(N3CCCC3=O)c2)cc(OC)c1. The van der Waals surface area contributed by atoms with E-state index in [-0.39, 0.29) is 18.4 Å². The topological polar surface area (TPSA) is 100 Å². The second-order valence-corrected chi connectivity index (χ2v) is 11.6. The Labute approximate surface area is 254 Å². The highest BCUT2D eigenvalue weighted by Crippen LogP contribution is 2.37. The monoisotopic (exact) mass is 585 g/mol. The molecule has 228 valence electrons. The van der Waals surface area contributed by atoms with E-state index < -0.39 is 12.1 Å². The molecule has 0 bridgehead atoms. The number of benzene rings is 3. The van der Waals surface area contributed by atoms with Crippen LogP contribution in [0.25, 0.3) is 0 Å². The molecule has 2 fully saturated rings. The van der Waals surface area contributed by atoms with E-state index in [2.05, 4.69) is 16.7 Å². The molecular weight excluding hydrogens is 542 g/mol. The molecule has 0 radical (unpaired) electrons. The fourth-order valence-corrected chi connectivity index (χ4v) is 6.22. The molecule has 0 aromatic heterocycles. The summed E-state index contributed by atoms with van der Waals surface area (Å²) in [6.07, 6.45) is 5.54. The molecule has 2 atom stereocenters. The third-order valence-electron chi connectivity index (χ3n) is 8.59. The minimum atomic E-state index is -0.852. The van der Waals surface area contributed by atoms with Crippen molar-refractivity contribution in [2.24, 2.45) is 0 Å². The number of aliphatic hydroxyl groups is 1. The molecule has 1 heterocycles. The van der Waals surface area contributed by atoms with Crippen molar-refractivity contribution < 1.29 is 24.2 Å². The van der Waals surface area contributed by atoms with Crippen molar-refractivity contribution in [1.82, 2.24) is 10.6 Å². The third kappa shape index (κ3) is 7.94. The Balaban J connectivity index is 1.33. The number of carbonyl (C=O) groups is 2. The van der Waals surface area contributed by atoms with Gasteiger partial charge in [0.05, 0.1) is 26.4 Å². The number of methoxy groups -OCH3 is 2. The van der Waals surface area contributed by atoms with Crippen molar-refractivity contribution in [3.63, 3.8) is 0 Å². The summed E-state index contributed by atoms with van der Waals surface area (Å²) in [5.41, 5.74) is 4.43. The van der Waals surface area contributed by atoms with Gasteiger partial charge < -0.3 is 30.1 Å². The number of nitrogens with one attached hydrogen (secondary N) is 2. The minimum Gasteiger partial charge on any atom is -0.497 e. The highest BCUT2D eigenvalue weighted by Gasteiger charge is 2.27. The quantitative estimate of drug-likeness (QED) is 0.262. The van der Waals surface area contributed by atoms with E-state index >= 15 is 0 Å². The van der Waals surface area contributed by atoms with Gasteiger partial charge in [0.2, 0.25) is 5.91 Å². The third-order valence-corrected chi connectivity index (χ3v) is 8.59. The summed E-state index contributed by atoms with van der Waals surface area (Å²) in [6, 6.07) is 20.9. The van der Waals surface area contributed by atoms with E-state index in [1.807, 2.05) is 65.6 Å². The summed E-state index contributed by atoms with van der Waals surface area (Å²) in [7, 11) is 3.23. The standard InChI is InChI=1S/C35H43N3O5/c1-42-30-15-25(16-31(21-30)43-2)22-36-23-33(39)32(17-24-9-4-3-5-10-24)37-35(41)28-18-27(26-11-6-7-12-26)19-29(20-28)38-14-8-13-34(38)40/h3-5,9-10,15-16,18-21,26,32-33,36,39H,6-8,11-14,17,22-23H2,1-2H3,(H,37,41)/t32-,33-/m0/s1. The van der Waals surface area contributed by atoms with Crippen molar-refractivity contribution in [3.8, 4) is 11.5 Å². The number of ether oxygens (including phenoxy) is 2. The minimum absolute atomic E-state index is 0.104. The molecule has 0 unspecified atom stereocenters. The second-order valence-electron chi connectivity index (χ2n) is 11.6. The lowest BCUT2D eigenvalue weighted by Crippen LogP contribution is -2.48. The molecule has 3 aromatic carbocycles. The summed E-state index contributed by atoms with van der Waals surface area (Å²) in [5, 5.41) is 17.8. The number of hydrogen-bond acceptors (Lipinski definition) is 6. The Morgan fingerprint density at radius 1 is 0.953 bits per heavy atom. The Morgan fingerprint density at radius 2 is 1.67 bits per heavy atom. The molecule has 1 saturated heterocycles. The molecule has 1 saturated carbocycles. The first-order valence-electron chi connectivity index (χ1n) is 15.3. The van der Waals surface area contributed by atoms with Gasteiger partial charge in [0.25, 0.3) is 5.91 Å². The number of carbonyl (C=O) groups excluding carboxylic acids is 2. The number of hydrogen-bond donors (Lipinski definition) is 3. The van der Waals surface area contributed by atoms with E-state index in [1.54, 1.807) is 14.2 Å². The number of amides is 2. The zero-order chi connectivity index (χ0) is 30.2. The zero-order valence-corrected chi connectivity index (χ0v) is 25.2. The largest absolute Gasteiger partial charge is 0.497 e. The van der Waals surface area contributed by atoms with E-state index in [0.29, 0.717) is 48.9 Å². The average molecular weight is 586 g/mol. The first-order valence-corrected chi connectivity index (χ1v) is 15.3. The number of aliphatic hydroxyl groups excluding tert-OH is 1. The van der Waals surface area contributed by atoms with Gasteiger partial charge in [0.15, 0.2) is 0 Å². The van der Waals surface area contributed by atoms with E-state index in [1.165, 1.54) is 12.8 Å². The number of rotatable bonds is 13. The van der Waals surface area contributed by atoms with Crippen molar-refractivity contribution in [1.29, 1.82) is 0 Å². The lowest BCUT2D eigenvalue weighted by molar-refractivity contribution is -0.117. The van der Waals surface area contributed by atoms with Crippen LogP contribution in [0.2, 0.25) is 0 Å². The Morgan fingerprint density at radius 3 is 2.33 bits per heavy atom. The van der Waals surface area contributed by atoms with Crippen molar-refractivity contribution in [2.45, 2.75) is 69.6 Å². The van der Waals surface area contributed by atoms with Crippen molar-refractivity contribution >= 4 is 17.5 Å². The van der Waals surface area contributed by atoms with Gasteiger partial charge >= 0.3 is 0 Å². The zero-order valence-electron chi connectivity index (χ0n) is 25.2. The number of nitrogens with zero attached hydrogens (tertiary/aromatic N) is 1. The van der Waals surface area contributed by atoms with Gasteiger partial charge in [0, 0.05) is 43.4 Å². The van der Waals surface area contributed by atoms with Crippen LogP contribution in [0.3, 0.4) is 0 Å². The molecule has 3 aromatic rings. The van der Waals surface area contributed by atoms with Gasteiger partial charge in [0.1, 0.15) is 11.5 Å².